The number of hydrogen-bond donors (Lipinski definition) is 0. The maximum absolute atomic E-state index is 4.50. The van der Waals surface area contributed by atoms with Gasteiger partial charge in [-0.3, -0.25) is 4.68 Å². The fourth-order valence-electron chi connectivity index (χ4n) is 2.37. The highest BCUT2D eigenvalue weighted by molar-refractivity contribution is 9.08. The van der Waals surface area contributed by atoms with Crippen LogP contribution in [0.3, 0.4) is 0 Å². The topological polar surface area (TPSA) is 21.1 Å². The summed E-state index contributed by atoms with van der Waals surface area (Å²) in [6.45, 7) is 6.73. The lowest BCUT2D eigenvalue weighted by Crippen LogP contribution is -2.22. The zero-order chi connectivity index (χ0) is 11.0. The van der Waals surface area contributed by atoms with Crippen LogP contribution in [0.1, 0.15) is 24.6 Å². The highest BCUT2D eigenvalue weighted by Gasteiger charge is 2.24. The highest BCUT2D eigenvalue weighted by Crippen LogP contribution is 2.29. The zero-order valence-corrected chi connectivity index (χ0v) is 11.2. The number of alkyl halides is 1. The lowest BCUT2D eigenvalue weighted by Gasteiger charge is -2.19. The van der Waals surface area contributed by atoms with Crippen molar-refractivity contribution in [2.24, 2.45) is 13.0 Å². The van der Waals surface area contributed by atoms with Gasteiger partial charge in [0.2, 0.25) is 0 Å². The van der Waals surface area contributed by atoms with Crippen molar-refractivity contribution in [2.75, 3.05) is 18.0 Å². The maximum Gasteiger partial charge on any atom is 0.130 e. The minimum absolute atomic E-state index is 0.809. The quantitative estimate of drug-likeness (QED) is 0.771. The van der Waals surface area contributed by atoms with Gasteiger partial charge in [-0.15, -0.1) is 0 Å². The first-order valence-electron chi connectivity index (χ1n) is 5.47. The van der Waals surface area contributed by atoms with Crippen molar-refractivity contribution < 1.29 is 0 Å². The van der Waals surface area contributed by atoms with Crippen LogP contribution >= 0.6 is 15.9 Å². The molecule has 3 nitrogen and oxygen atoms in total. The molecule has 4 heteroatoms. The second kappa shape index (κ2) is 4.16. The van der Waals surface area contributed by atoms with Crippen molar-refractivity contribution in [1.82, 2.24) is 9.78 Å². The van der Waals surface area contributed by atoms with Gasteiger partial charge in [-0.25, -0.2) is 0 Å². The summed E-state index contributed by atoms with van der Waals surface area (Å²) in [4.78, 5) is 2.46. The van der Waals surface area contributed by atoms with E-state index in [2.05, 4.69) is 39.8 Å². The number of nitrogens with zero attached hydrogens (tertiary/aromatic N) is 3. The normalized spacial score (nSPS) is 21.3. The molecule has 0 N–H and O–H groups in total. The van der Waals surface area contributed by atoms with Crippen LogP contribution in [-0.2, 0) is 12.4 Å². The average molecular weight is 272 g/mol. The van der Waals surface area contributed by atoms with Gasteiger partial charge in [0.05, 0.1) is 5.69 Å². The van der Waals surface area contributed by atoms with E-state index in [1.54, 1.807) is 0 Å². The van der Waals surface area contributed by atoms with E-state index in [0.717, 1.165) is 16.9 Å². The molecular formula is C11H18BrN3. The smallest absolute Gasteiger partial charge is 0.130 e. The van der Waals surface area contributed by atoms with Gasteiger partial charge in [0, 0.05) is 31.0 Å². The zero-order valence-electron chi connectivity index (χ0n) is 9.63. The third-order valence-corrected chi connectivity index (χ3v) is 3.73. The molecule has 0 aliphatic carbocycles. The largest absolute Gasteiger partial charge is 0.356 e. The predicted molar refractivity (Wildman–Crippen MR) is 66.6 cm³/mol. The molecule has 0 aromatic carbocycles. The van der Waals surface area contributed by atoms with Crippen molar-refractivity contribution >= 4 is 21.7 Å². The van der Waals surface area contributed by atoms with Gasteiger partial charge in [-0.05, 0) is 19.3 Å². The summed E-state index contributed by atoms with van der Waals surface area (Å²) in [5.74, 6) is 2.11. The Labute approximate surface area is 99.6 Å². The first kappa shape index (κ1) is 11.0. The van der Waals surface area contributed by atoms with Gasteiger partial charge in [-0.1, -0.05) is 22.9 Å². The Hall–Kier alpha value is -0.510. The lowest BCUT2D eigenvalue weighted by atomic mass is 10.2. The minimum Gasteiger partial charge on any atom is -0.356 e. The predicted octanol–water partition coefficient (Wildman–Crippen LogP) is 2.47. The van der Waals surface area contributed by atoms with E-state index in [9.17, 15) is 0 Å². The molecule has 1 aliphatic rings. The fourth-order valence-corrected chi connectivity index (χ4v) is 3.03. The summed E-state index contributed by atoms with van der Waals surface area (Å²) < 4.78 is 2.02. The van der Waals surface area contributed by atoms with Crippen molar-refractivity contribution in [3.63, 3.8) is 0 Å². The first-order chi connectivity index (χ1) is 7.13. The Morgan fingerprint density at radius 3 is 2.80 bits per heavy atom. The third kappa shape index (κ3) is 1.92. The standard InChI is InChI=1S/C11H18BrN3/c1-8-4-5-15(7-8)11-10(6-12)9(2)13-14(11)3/h8H,4-7H2,1-3H3. The van der Waals surface area contributed by atoms with Crippen LogP contribution in [0, 0.1) is 12.8 Å². The average Bonchev–Trinajstić information content (AvgIpc) is 2.70. The summed E-state index contributed by atoms with van der Waals surface area (Å²) in [6, 6.07) is 0. The minimum atomic E-state index is 0.809. The van der Waals surface area contributed by atoms with Crippen LogP contribution in [0.5, 0.6) is 0 Å². The van der Waals surface area contributed by atoms with E-state index in [1.165, 1.54) is 30.9 Å². The van der Waals surface area contributed by atoms with Crippen LogP contribution in [0.15, 0.2) is 0 Å². The number of rotatable bonds is 2. The summed E-state index contributed by atoms with van der Waals surface area (Å²) in [5, 5.41) is 5.39. The molecule has 1 unspecified atom stereocenters. The monoisotopic (exact) mass is 271 g/mol. The van der Waals surface area contributed by atoms with E-state index >= 15 is 0 Å². The molecule has 1 aromatic heterocycles. The Morgan fingerprint density at radius 2 is 2.27 bits per heavy atom. The molecular weight excluding hydrogens is 254 g/mol. The molecule has 0 radical (unpaired) electrons. The van der Waals surface area contributed by atoms with E-state index in [1.807, 2.05) is 11.7 Å². The lowest BCUT2D eigenvalue weighted by molar-refractivity contribution is 0.655. The van der Waals surface area contributed by atoms with Crippen LogP contribution in [-0.4, -0.2) is 22.9 Å². The van der Waals surface area contributed by atoms with Crippen molar-refractivity contribution in [3.8, 4) is 0 Å². The van der Waals surface area contributed by atoms with Crippen molar-refractivity contribution in [1.29, 1.82) is 0 Å². The molecule has 2 heterocycles. The SMILES string of the molecule is Cc1nn(C)c(N2CCC(C)C2)c1CBr. The number of halogens is 1. The molecule has 0 saturated carbocycles. The van der Waals surface area contributed by atoms with Crippen LogP contribution in [0.2, 0.25) is 0 Å². The molecule has 0 bridgehead atoms. The van der Waals surface area contributed by atoms with E-state index in [0.29, 0.717) is 0 Å². The van der Waals surface area contributed by atoms with E-state index < -0.39 is 0 Å². The summed E-state index contributed by atoms with van der Waals surface area (Å²) >= 11 is 3.55. The van der Waals surface area contributed by atoms with E-state index in [4.69, 9.17) is 0 Å². The molecule has 0 spiro atoms. The second-order valence-corrected chi connectivity index (χ2v) is 5.05. The van der Waals surface area contributed by atoms with Crippen LogP contribution < -0.4 is 4.90 Å². The summed E-state index contributed by atoms with van der Waals surface area (Å²) in [7, 11) is 2.04. The van der Waals surface area contributed by atoms with Gasteiger partial charge >= 0.3 is 0 Å². The molecule has 1 saturated heterocycles. The highest BCUT2D eigenvalue weighted by atomic mass is 79.9. The van der Waals surface area contributed by atoms with Gasteiger partial charge in [0.25, 0.3) is 0 Å². The Kier molecular flexibility index (Phi) is 3.05. The van der Waals surface area contributed by atoms with Crippen molar-refractivity contribution in [2.45, 2.75) is 25.6 Å². The molecule has 1 aromatic rings. The molecule has 15 heavy (non-hydrogen) atoms. The molecule has 1 aliphatic heterocycles. The summed E-state index contributed by atoms with van der Waals surface area (Å²) in [5.41, 5.74) is 2.48. The van der Waals surface area contributed by atoms with E-state index in [-0.39, 0.29) is 0 Å². The second-order valence-electron chi connectivity index (χ2n) is 4.48. The first-order valence-corrected chi connectivity index (χ1v) is 6.59. The van der Waals surface area contributed by atoms with Crippen LogP contribution in [0.25, 0.3) is 0 Å². The molecule has 1 atom stereocenters. The van der Waals surface area contributed by atoms with Gasteiger partial charge < -0.3 is 4.90 Å². The Balaban J connectivity index is 2.34. The molecule has 84 valence electrons. The van der Waals surface area contributed by atoms with Gasteiger partial charge in [0.1, 0.15) is 5.82 Å². The third-order valence-electron chi connectivity index (χ3n) is 3.17. The Morgan fingerprint density at radius 1 is 1.53 bits per heavy atom. The van der Waals surface area contributed by atoms with Crippen molar-refractivity contribution in [3.05, 3.63) is 11.3 Å². The Bertz CT molecular complexity index is 359. The molecule has 2 rings (SSSR count). The number of aryl methyl sites for hydroxylation is 2. The maximum atomic E-state index is 4.50. The van der Waals surface area contributed by atoms with Gasteiger partial charge in [0.15, 0.2) is 0 Å². The van der Waals surface area contributed by atoms with Gasteiger partial charge in [-0.2, -0.15) is 5.10 Å². The van der Waals surface area contributed by atoms with Crippen LogP contribution in [0.4, 0.5) is 5.82 Å². The number of aromatic nitrogens is 2. The number of anilines is 1. The summed E-state index contributed by atoms with van der Waals surface area (Å²) in [6.07, 6.45) is 1.30. The fraction of sp³-hybridized carbons (Fsp3) is 0.727. The molecule has 1 fully saturated rings. The molecule has 0 amide bonds. The number of hydrogen-bond acceptors (Lipinski definition) is 2.